The summed E-state index contributed by atoms with van der Waals surface area (Å²) in [6.45, 7) is 1.24. The molecule has 6 heteroatoms. The Bertz CT molecular complexity index is 427. The highest BCUT2D eigenvalue weighted by atomic mass is 35.5. The smallest absolute Gasteiger partial charge is 0.258 e. The highest BCUT2D eigenvalue weighted by molar-refractivity contribution is 6.34. The molecule has 0 aromatic heterocycles. The summed E-state index contributed by atoms with van der Waals surface area (Å²) in [5.74, 6) is 0.288. The summed E-state index contributed by atoms with van der Waals surface area (Å²) in [7, 11) is 0. The van der Waals surface area contributed by atoms with Crippen LogP contribution in [0.1, 0.15) is 12.8 Å². The van der Waals surface area contributed by atoms with E-state index in [1.165, 1.54) is 0 Å². The molecular weight excluding hydrogens is 289 g/mol. The standard InChI is InChI=1S/C13H15Cl2NO3/c14-9-4-10(15)6-12(5-9)19-8-13(17)16-7-11-2-1-3-18-11/h4-6,11H,1-3,7-8H2,(H,16,17)/t11-/m1/s1. The maximum absolute atomic E-state index is 11.6. The summed E-state index contributed by atoms with van der Waals surface area (Å²) in [5, 5.41) is 3.72. The van der Waals surface area contributed by atoms with Gasteiger partial charge in [0.1, 0.15) is 5.75 Å². The Morgan fingerprint density at radius 2 is 2.11 bits per heavy atom. The molecule has 1 atom stereocenters. The van der Waals surface area contributed by atoms with Crippen LogP contribution < -0.4 is 10.1 Å². The Hall–Kier alpha value is -0.970. The van der Waals surface area contributed by atoms with Crippen LogP contribution in [0.15, 0.2) is 18.2 Å². The van der Waals surface area contributed by atoms with Gasteiger partial charge in [0.25, 0.3) is 5.91 Å². The lowest BCUT2D eigenvalue weighted by Gasteiger charge is -2.11. The first kappa shape index (κ1) is 14.4. The topological polar surface area (TPSA) is 47.6 Å². The van der Waals surface area contributed by atoms with Crippen LogP contribution in [0, 0.1) is 0 Å². The van der Waals surface area contributed by atoms with Gasteiger partial charge in [-0.15, -0.1) is 0 Å². The maximum atomic E-state index is 11.6. The van der Waals surface area contributed by atoms with Crippen LogP contribution in [0.25, 0.3) is 0 Å². The van der Waals surface area contributed by atoms with E-state index in [2.05, 4.69) is 5.32 Å². The van der Waals surface area contributed by atoms with Crippen molar-refractivity contribution in [3.8, 4) is 5.75 Å². The van der Waals surface area contributed by atoms with Crippen molar-refractivity contribution in [3.63, 3.8) is 0 Å². The summed E-state index contributed by atoms with van der Waals surface area (Å²) in [6, 6.07) is 4.83. The number of nitrogens with one attached hydrogen (secondary N) is 1. The first-order chi connectivity index (χ1) is 9.13. The van der Waals surface area contributed by atoms with Gasteiger partial charge in [-0.3, -0.25) is 4.79 Å². The monoisotopic (exact) mass is 303 g/mol. The highest BCUT2D eigenvalue weighted by Crippen LogP contribution is 2.24. The Labute approximate surface area is 122 Å². The van der Waals surface area contributed by atoms with Gasteiger partial charge in [0.15, 0.2) is 6.61 Å². The molecule has 104 valence electrons. The largest absolute Gasteiger partial charge is 0.484 e. The van der Waals surface area contributed by atoms with Gasteiger partial charge < -0.3 is 14.8 Å². The zero-order valence-electron chi connectivity index (χ0n) is 10.3. The molecule has 1 saturated heterocycles. The first-order valence-corrected chi connectivity index (χ1v) is 6.86. The lowest BCUT2D eigenvalue weighted by Crippen LogP contribution is -2.35. The number of benzene rings is 1. The second-order valence-corrected chi connectivity index (χ2v) is 5.21. The zero-order valence-corrected chi connectivity index (χ0v) is 11.8. The average Bonchev–Trinajstić information content (AvgIpc) is 2.86. The number of amides is 1. The lowest BCUT2D eigenvalue weighted by atomic mass is 10.2. The summed E-state index contributed by atoms with van der Waals surface area (Å²) < 4.78 is 10.7. The molecule has 4 nitrogen and oxygen atoms in total. The molecule has 1 aliphatic heterocycles. The van der Waals surface area contributed by atoms with E-state index in [9.17, 15) is 4.79 Å². The molecule has 1 aromatic carbocycles. The molecule has 0 saturated carbocycles. The van der Waals surface area contributed by atoms with Crippen molar-refractivity contribution in [1.29, 1.82) is 0 Å². The minimum atomic E-state index is -0.188. The summed E-state index contributed by atoms with van der Waals surface area (Å²) in [5.41, 5.74) is 0. The van der Waals surface area contributed by atoms with Gasteiger partial charge in [0.05, 0.1) is 6.10 Å². The Morgan fingerprint density at radius 1 is 1.37 bits per heavy atom. The molecule has 0 radical (unpaired) electrons. The molecule has 19 heavy (non-hydrogen) atoms. The lowest BCUT2D eigenvalue weighted by molar-refractivity contribution is -0.123. The van der Waals surface area contributed by atoms with E-state index < -0.39 is 0 Å². The molecule has 1 aromatic rings. The van der Waals surface area contributed by atoms with Crippen LogP contribution >= 0.6 is 23.2 Å². The fourth-order valence-corrected chi connectivity index (χ4v) is 2.35. The van der Waals surface area contributed by atoms with Crippen LogP contribution in [0.4, 0.5) is 0 Å². The first-order valence-electron chi connectivity index (χ1n) is 6.10. The summed E-state index contributed by atoms with van der Waals surface area (Å²) >= 11 is 11.7. The van der Waals surface area contributed by atoms with E-state index in [1.807, 2.05) is 0 Å². The van der Waals surface area contributed by atoms with Gasteiger partial charge in [-0.2, -0.15) is 0 Å². The summed E-state index contributed by atoms with van der Waals surface area (Å²) in [6.07, 6.45) is 2.17. The van der Waals surface area contributed by atoms with E-state index >= 15 is 0 Å². The normalized spacial score (nSPS) is 18.3. The van der Waals surface area contributed by atoms with Crippen LogP contribution in [-0.4, -0.2) is 31.8 Å². The van der Waals surface area contributed by atoms with Crippen LogP contribution in [0.3, 0.4) is 0 Å². The number of hydrogen-bond donors (Lipinski definition) is 1. The fraction of sp³-hybridized carbons (Fsp3) is 0.462. The predicted octanol–water partition coefficient (Wildman–Crippen LogP) is 2.67. The molecule has 1 amide bonds. The fourth-order valence-electron chi connectivity index (χ4n) is 1.84. The van der Waals surface area contributed by atoms with Gasteiger partial charge in [-0.1, -0.05) is 23.2 Å². The molecule has 1 N–H and O–H groups in total. The zero-order chi connectivity index (χ0) is 13.7. The van der Waals surface area contributed by atoms with Crippen LogP contribution in [0.2, 0.25) is 10.0 Å². The molecular formula is C13H15Cl2NO3. The van der Waals surface area contributed by atoms with E-state index in [0.29, 0.717) is 22.3 Å². The van der Waals surface area contributed by atoms with Gasteiger partial charge >= 0.3 is 0 Å². The minimum absolute atomic E-state index is 0.0661. The molecule has 0 bridgehead atoms. The van der Waals surface area contributed by atoms with Crippen molar-refractivity contribution in [2.24, 2.45) is 0 Å². The predicted molar refractivity (Wildman–Crippen MR) is 73.9 cm³/mol. The van der Waals surface area contributed by atoms with Crippen molar-refractivity contribution in [1.82, 2.24) is 5.32 Å². The van der Waals surface area contributed by atoms with Crippen molar-refractivity contribution < 1.29 is 14.3 Å². The molecule has 0 unspecified atom stereocenters. The number of hydrogen-bond acceptors (Lipinski definition) is 3. The third-order valence-corrected chi connectivity index (χ3v) is 3.19. The van der Waals surface area contributed by atoms with Crippen molar-refractivity contribution >= 4 is 29.1 Å². The quantitative estimate of drug-likeness (QED) is 0.910. The minimum Gasteiger partial charge on any atom is -0.484 e. The average molecular weight is 304 g/mol. The number of rotatable bonds is 5. The van der Waals surface area contributed by atoms with E-state index in [-0.39, 0.29) is 18.6 Å². The highest BCUT2D eigenvalue weighted by Gasteiger charge is 2.16. The number of carbonyl (C=O) groups is 1. The second kappa shape index (κ2) is 6.98. The van der Waals surface area contributed by atoms with Crippen molar-refractivity contribution in [3.05, 3.63) is 28.2 Å². The van der Waals surface area contributed by atoms with Crippen molar-refractivity contribution in [2.45, 2.75) is 18.9 Å². The Kier molecular flexibility index (Phi) is 5.31. The molecule has 1 heterocycles. The molecule has 0 spiro atoms. The van der Waals surface area contributed by atoms with E-state index in [0.717, 1.165) is 19.4 Å². The van der Waals surface area contributed by atoms with E-state index in [4.69, 9.17) is 32.7 Å². The molecule has 1 aliphatic rings. The molecule has 1 fully saturated rings. The number of ether oxygens (including phenoxy) is 2. The van der Waals surface area contributed by atoms with Gasteiger partial charge in [-0.05, 0) is 31.0 Å². The molecule has 2 rings (SSSR count). The second-order valence-electron chi connectivity index (χ2n) is 4.33. The Balaban J connectivity index is 1.73. The molecule has 0 aliphatic carbocycles. The van der Waals surface area contributed by atoms with E-state index in [1.54, 1.807) is 18.2 Å². The number of halogens is 2. The SMILES string of the molecule is O=C(COc1cc(Cl)cc(Cl)c1)NC[C@H]1CCCO1. The Morgan fingerprint density at radius 3 is 2.74 bits per heavy atom. The van der Waals surface area contributed by atoms with Crippen LogP contribution in [0.5, 0.6) is 5.75 Å². The van der Waals surface area contributed by atoms with Gasteiger partial charge in [0.2, 0.25) is 0 Å². The van der Waals surface area contributed by atoms with Crippen molar-refractivity contribution in [2.75, 3.05) is 19.8 Å². The third kappa shape index (κ3) is 4.90. The van der Waals surface area contributed by atoms with Gasteiger partial charge in [-0.25, -0.2) is 0 Å². The van der Waals surface area contributed by atoms with Gasteiger partial charge in [0, 0.05) is 23.2 Å². The third-order valence-electron chi connectivity index (χ3n) is 2.76. The summed E-state index contributed by atoms with van der Waals surface area (Å²) in [4.78, 5) is 11.6. The maximum Gasteiger partial charge on any atom is 0.258 e. The number of carbonyl (C=O) groups excluding carboxylic acids is 1. The van der Waals surface area contributed by atoms with Crippen LogP contribution in [-0.2, 0) is 9.53 Å².